The molecule has 0 fully saturated rings. The number of nitrogens with zero attached hydrogens (tertiary/aromatic N) is 3. The second-order valence-electron chi connectivity index (χ2n) is 3.27. The SMILES string of the molecule is CCCCCCOc1nnccc1C#N. The van der Waals surface area contributed by atoms with E-state index in [1.54, 1.807) is 6.07 Å². The summed E-state index contributed by atoms with van der Waals surface area (Å²) in [5.41, 5.74) is 0.445. The topological polar surface area (TPSA) is 58.8 Å². The van der Waals surface area contributed by atoms with Crippen molar-refractivity contribution >= 4 is 0 Å². The van der Waals surface area contributed by atoms with Gasteiger partial charge in [-0.3, -0.25) is 0 Å². The molecule has 1 aromatic heterocycles. The van der Waals surface area contributed by atoms with Crippen LogP contribution in [0.5, 0.6) is 5.88 Å². The van der Waals surface area contributed by atoms with Crippen LogP contribution < -0.4 is 4.74 Å². The third-order valence-electron chi connectivity index (χ3n) is 2.04. The molecule has 0 saturated heterocycles. The van der Waals surface area contributed by atoms with Crippen molar-refractivity contribution in [3.63, 3.8) is 0 Å². The molecule has 0 N–H and O–H groups in total. The highest BCUT2D eigenvalue weighted by Gasteiger charge is 2.03. The van der Waals surface area contributed by atoms with Crippen molar-refractivity contribution in [3.8, 4) is 11.9 Å². The number of aromatic nitrogens is 2. The zero-order chi connectivity index (χ0) is 10.9. The maximum absolute atomic E-state index is 8.76. The van der Waals surface area contributed by atoms with Gasteiger partial charge in [0.2, 0.25) is 0 Å². The van der Waals surface area contributed by atoms with Crippen LogP contribution in [0, 0.1) is 11.3 Å². The Labute approximate surface area is 89.9 Å². The van der Waals surface area contributed by atoms with Gasteiger partial charge < -0.3 is 4.74 Å². The second kappa shape index (κ2) is 6.77. The van der Waals surface area contributed by atoms with E-state index in [2.05, 4.69) is 17.1 Å². The van der Waals surface area contributed by atoms with Crippen LogP contribution in [0.3, 0.4) is 0 Å². The van der Waals surface area contributed by atoms with Crippen molar-refractivity contribution in [2.45, 2.75) is 32.6 Å². The molecule has 0 aromatic carbocycles. The first kappa shape index (κ1) is 11.4. The summed E-state index contributed by atoms with van der Waals surface area (Å²) in [4.78, 5) is 0. The van der Waals surface area contributed by atoms with Gasteiger partial charge in [0.25, 0.3) is 5.88 Å². The van der Waals surface area contributed by atoms with Gasteiger partial charge in [-0.1, -0.05) is 26.2 Å². The van der Waals surface area contributed by atoms with Gasteiger partial charge >= 0.3 is 0 Å². The molecule has 0 saturated carbocycles. The zero-order valence-electron chi connectivity index (χ0n) is 8.94. The Hall–Kier alpha value is -1.63. The predicted octanol–water partition coefficient (Wildman–Crippen LogP) is 2.31. The molecule has 0 aliphatic rings. The van der Waals surface area contributed by atoms with Crippen LogP contribution in [0.4, 0.5) is 0 Å². The van der Waals surface area contributed by atoms with E-state index < -0.39 is 0 Å². The van der Waals surface area contributed by atoms with Crippen LogP contribution in [0.15, 0.2) is 12.3 Å². The van der Waals surface area contributed by atoms with Gasteiger partial charge in [0.05, 0.1) is 12.8 Å². The molecular weight excluding hydrogens is 190 g/mol. The molecule has 4 heteroatoms. The summed E-state index contributed by atoms with van der Waals surface area (Å²) in [5, 5.41) is 16.2. The van der Waals surface area contributed by atoms with Gasteiger partial charge in [-0.15, -0.1) is 5.10 Å². The van der Waals surface area contributed by atoms with E-state index in [-0.39, 0.29) is 0 Å². The van der Waals surface area contributed by atoms with Gasteiger partial charge in [-0.2, -0.15) is 10.4 Å². The van der Waals surface area contributed by atoms with Crippen LogP contribution in [0.2, 0.25) is 0 Å². The average Bonchev–Trinajstić information content (AvgIpc) is 2.29. The lowest BCUT2D eigenvalue weighted by atomic mass is 10.2. The van der Waals surface area contributed by atoms with Crippen LogP contribution in [-0.4, -0.2) is 16.8 Å². The molecule has 0 aliphatic heterocycles. The van der Waals surface area contributed by atoms with Crippen LogP contribution in [0.1, 0.15) is 38.2 Å². The molecule has 0 atom stereocenters. The Bertz CT molecular complexity index is 333. The molecule has 0 aliphatic carbocycles. The summed E-state index contributed by atoms with van der Waals surface area (Å²) < 4.78 is 5.38. The van der Waals surface area contributed by atoms with Gasteiger partial charge in [-0.05, 0) is 12.5 Å². The van der Waals surface area contributed by atoms with Gasteiger partial charge in [0.15, 0.2) is 0 Å². The number of nitriles is 1. The zero-order valence-corrected chi connectivity index (χ0v) is 8.94. The molecular formula is C11H15N3O. The third-order valence-corrected chi connectivity index (χ3v) is 2.04. The number of hydrogen-bond donors (Lipinski definition) is 0. The number of rotatable bonds is 6. The van der Waals surface area contributed by atoms with Crippen LogP contribution in [-0.2, 0) is 0 Å². The van der Waals surface area contributed by atoms with E-state index in [9.17, 15) is 0 Å². The molecule has 0 radical (unpaired) electrons. The van der Waals surface area contributed by atoms with Gasteiger partial charge in [0.1, 0.15) is 11.6 Å². The summed E-state index contributed by atoms with van der Waals surface area (Å²) in [6, 6.07) is 3.63. The molecule has 15 heavy (non-hydrogen) atoms. The predicted molar refractivity (Wildman–Crippen MR) is 56.4 cm³/mol. The maximum atomic E-state index is 8.76. The lowest BCUT2D eigenvalue weighted by Gasteiger charge is -2.04. The Morgan fingerprint density at radius 2 is 2.27 bits per heavy atom. The van der Waals surface area contributed by atoms with Crippen molar-refractivity contribution < 1.29 is 4.74 Å². The third kappa shape index (κ3) is 3.94. The average molecular weight is 205 g/mol. The highest BCUT2D eigenvalue weighted by Crippen LogP contribution is 2.11. The van der Waals surface area contributed by atoms with Crippen molar-refractivity contribution in [1.29, 1.82) is 5.26 Å². The van der Waals surface area contributed by atoms with Crippen molar-refractivity contribution in [2.24, 2.45) is 0 Å². The minimum Gasteiger partial charge on any atom is -0.476 e. The monoisotopic (exact) mass is 205 g/mol. The highest BCUT2D eigenvalue weighted by molar-refractivity contribution is 5.35. The van der Waals surface area contributed by atoms with E-state index in [0.717, 1.165) is 12.8 Å². The standard InChI is InChI=1S/C11H15N3O/c1-2-3-4-5-8-15-11-10(9-12)6-7-13-14-11/h6-7H,2-5,8H2,1H3. The molecule has 4 nitrogen and oxygen atoms in total. The molecule has 0 amide bonds. The molecule has 80 valence electrons. The quantitative estimate of drug-likeness (QED) is 0.668. The lowest BCUT2D eigenvalue weighted by molar-refractivity contribution is 0.289. The number of unbranched alkanes of at least 4 members (excludes halogenated alkanes) is 3. The first-order valence-electron chi connectivity index (χ1n) is 5.23. The summed E-state index contributed by atoms with van der Waals surface area (Å²) in [5.74, 6) is 0.344. The van der Waals surface area contributed by atoms with E-state index >= 15 is 0 Å². The molecule has 0 spiro atoms. The van der Waals surface area contributed by atoms with Crippen LogP contribution in [0.25, 0.3) is 0 Å². The molecule has 0 bridgehead atoms. The fourth-order valence-electron chi connectivity index (χ4n) is 1.21. The fraction of sp³-hybridized carbons (Fsp3) is 0.545. The summed E-state index contributed by atoms with van der Waals surface area (Å²) in [7, 11) is 0. The van der Waals surface area contributed by atoms with E-state index in [1.165, 1.54) is 19.0 Å². The molecule has 0 unspecified atom stereocenters. The van der Waals surface area contributed by atoms with Crippen molar-refractivity contribution in [1.82, 2.24) is 10.2 Å². The lowest BCUT2D eigenvalue weighted by Crippen LogP contribution is -2.01. The summed E-state index contributed by atoms with van der Waals surface area (Å²) in [6.07, 6.45) is 6.06. The minimum absolute atomic E-state index is 0.344. The smallest absolute Gasteiger partial charge is 0.251 e. The largest absolute Gasteiger partial charge is 0.476 e. The first-order valence-corrected chi connectivity index (χ1v) is 5.23. The van der Waals surface area contributed by atoms with E-state index in [1.807, 2.05) is 6.07 Å². The maximum Gasteiger partial charge on any atom is 0.251 e. The fourth-order valence-corrected chi connectivity index (χ4v) is 1.21. The molecule has 1 rings (SSSR count). The minimum atomic E-state index is 0.344. The number of hydrogen-bond acceptors (Lipinski definition) is 4. The number of ether oxygens (including phenoxy) is 1. The molecule has 1 aromatic rings. The van der Waals surface area contributed by atoms with Crippen molar-refractivity contribution in [2.75, 3.05) is 6.61 Å². The molecule has 1 heterocycles. The second-order valence-corrected chi connectivity index (χ2v) is 3.27. The first-order chi connectivity index (χ1) is 7.38. The van der Waals surface area contributed by atoms with E-state index in [0.29, 0.717) is 18.1 Å². The normalized spacial score (nSPS) is 9.60. The Morgan fingerprint density at radius 3 is 3.00 bits per heavy atom. The Kier molecular flexibility index (Phi) is 5.16. The van der Waals surface area contributed by atoms with Gasteiger partial charge in [0, 0.05) is 0 Å². The van der Waals surface area contributed by atoms with Crippen LogP contribution >= 0.6 is 0 Å². The highest BCUT2D eigenvalue weighted by atomic mass is 16.5. The van der Waals surface area contributed by atoms with E-state index in [4.69, 9.17) is 10.00 Å². The Balaban J connectivity index is 2.34. The van der Waals surface area contributed by atoms with Gasteiger partial charge in [-0.25, -0.2) is 0 Å². The Morgan fingerprint density at radius 1 is 1.40 bits per heavy atom. The summed E-state index contributed by atoms with van der Waals surface area (Å²) in [6.45, 7) is 2.77. The summed E-state index contributed by atoms with van der Waals surface area (Å²) >= 11 is 0. The van der Waals surface area contributed by atoms with Crippen molar-refractivity contribution in [3.05, 3.63) is 17.8 Å².